The first kappa shape index (κ1) is 20.5. The average Bonchev–Trinajstić information content (AvgIpc) is 2.74. The molecule has 1 saturated carbocycles. The van der Waals surface area contributed by atoms with Crippen molar-refractivity contribution < 1.29 is 18.3 Å². The zero-order valence-corrected chi connectivity index (χ0v) is 18.5. The smallest absolute Gasteiger partial charge is 0.243 e. The fourth-order valence-electron chi connectivity index (χ4n) is 6.31. The predicted octanol–water partition coefficient (Wildman–Crippen LogP) is 3.80. The normalized spacial score (nSPS) is 27.8. The van der Waals surface area contributed by atoms with Gasteiger partial charge in [0.15, 0.2) is 0 Å². The molecule has 1 heterocycles. The third kappa shape index (κ3) is 3.26. The molecule has 2 fully saturated rings. The maximum absolute atomic E-state index is 13.7. The minimum absolute atomic E-state index is 0.0312. The van der Waals surface area contributed by atoms with Crippen molar-refractivity contribution in [1.29, 1.82) is 0 Å². The van der Waals surface area contributed by atoms with Crippen molar-refractivity contribution in [2.45, 2.75) is 61.8 Å². The molecule has 2 N–H and O–H groups in total. The van der Waals surface area contributed by atoms with Crippen molar-refractivity contribution in [3.63, 3.8) is 0 Å². The topological polar surface area (TPSA) is 86.7 Å². The number of sulfonamides is 1. The number of nitrogens with zero attached hydrogens (tertiary/aromatic N) is 1. The molecule has 0 spiro atoms. The Morgan fingerprint density at radius 3 is 2.65 bits per heavy atom. The van der Waals surface area contributed by atoms with Gasteiger partial charge in [0.1, 0.15) is 5.75 Å². The Morgan fingerprint density at radius 2 is 1.90 bits per heavy atom. The lowest BCUT2D eigenvalue weighted by Gasteiger charge is -2.58. The Hall–Kier alpha value is -2.38. The lowest BCUT2D eigenvalue weighted by Crippen LogP contribution is -2.62. The summed E-state index contributed by atoms with van der Waals surface area (Å²) in [5.41, 5.74) is 2.96. The van der Waals surface area contributed by atoms with Crippen molar-refractivity contribution in [1.82, 2.24) is 4.31 Å². The number of carbonyl (C=O) groups excluding carboxylic acids is 1. The van der Waals surface area contributed by atoms with Crippen LogP contribution in [0.4, 0.5) is 5.69 Å². The molecular formula is C24H28N2O4S. The lowest BCUT2D eigenvalue weighted by atomic mass is 9.53. The predicted molar refractivity (Wildman–Crippen MR) is 118 cm³/mol. The molecule has 0 aromatic heterocycles. The Balaban J connectivity index is 1.52. The summed E-state index contributed by atoms with van der Waals surface area (Å²) >= 11 is 0. The van der Waals surface area contributed by atoms with Crippen LogP contribution in [0.15, 0.2) is 47.4 Å². The van der Waals surface area contributed by atoms with Gasteiger partial charge in [0.25, 0.3) is 0 Å². The van der Waals surface area contributed by atoms with Crippen LogP contribution in [-0.4, -0.2) is 36.3 Å². The third-order valence-corrected chi connectivity index (χ3v) is 9.49. The zero-order chi connectivity index (χ0) is 21.8. The monoisotopic (exact) mass is 440 g/mol. The molecule has 164 valence electrons. The molecule has 5 rings (SSSR count). The van der Waals surface area contributed by atoms with Crippen LogP contribution in [0.3, 0.4) is 0 Å². The van der Waals surface area contributed by atoms with Gasteiger partial charge < -0.3 is 10.4 Å². The van der Waals surface area contributed by atoms with Crippen molar-refractivity contribution in [2.24, 2.45) is 5.92 Å². The van der Waals surface area contributed by atoms with Crippen molar-refractivity contribution in [3.8, 4) is 5.75 Å². The van der Waals surface area contributed by atoms with E-state index in [0.29, 0.717) is 24.4 Å². The molecule has 6 nitrogen and oxygen atoms in total. The van der Waals surface area contributed by atoms with E-state index in [9.17, 15) is 18.3 Å². The van der Waals surface area contributed by atoms with Gasteiger partial charge in [-0.1, -0.05) is 18.9 Å². The van der Waals surface area contributed by atoms with Gasteiger partial charge in [-0.05, 0) is 79.1 Å². The number of carbonyl (C=O) groups is 1. The van der Waals surface area contributed by atoms with E-state index in [-0.39, 0.29) is 28.2 Å². The second-order valence-electron chi connectivity index (χ2n) is 9.19. The van der Waals surface area contributed by atoms with E-state index in [0.717, 1.165) is 32.1 Å². The Kier molecular flexibility index (Phi) is 4.86. The number of piperidine rings is 1. The highest BCUT2D eigenvalue weighted by Gasteiger charge is 2.56. The fourth-order valence-corrected chi connectivity index (χ4v) is 7.97. The van der Waals surface area contributed by atoms with Gasteiger partial charge in [-0.15, -0.1) is 0 Å². The van der Waals surface area contributed by atoms with Crippen LogP contribution < -0.4 is 5.32 Å². The number of hydrogen-bond donors (Lipinski definition) is 2. The summed E-state index contributed by atoms with van der Waals surface area (Å²) in [6, 6.07) is 12.0. The molecule has 31 heavy (non-hydrogen) atoms. The van der Waals surface area contributed by atoms with Gasteiger partial charge >= 0.3 is 0 Å². The summed E-state index contributed by atoms with van der Waals surface area (Å²) < 4.78 is 29.0. The van der Waals surface area contributed by atoms with E-state index < -0.39 is 10.0 Å². The van der Waals surface area contributed by atoms with E-state index >= 15 is 0 Å². The third-order valence-electron chi connectivity index (χ3n) is 7.55. The number of anilines is 1. The maximum Gasteiger partial charge on any atom is 0.243 e. The van der Waals surface area contributed by atoms with Gasteiger partial charge in [0.2, 0.25) is 15.9 Å². The van der Waals surface area contributed by atoms with Gasteiger partial charge in [0.05, 0.1) is 4.90 Å². The molecule has 2 bridgehead atoms. The Bertz CT molecular complexity index is 1130. The average molecular weight is 441 g/mol. The molecule has 7 heteroatoms. The molecule has 2 aliphatic carbocycles. The van der Waals surface area contributed by atoms with Gasteiger partial charge in [-0.25, -0.2) is 8.42 Å². The number of amides is 1. The molecule has 3 aliphatic rings. The van der Waals surface area contributed by atoms with E-state index in [1.165, 1.54) is 18.1 Å². The largest absolute Gasteiger partial charge is 0.508 e. The van der Waals surface area contributed by atoms with Crippen molar-refractivity contribution in [2.75, 3.05) is 11.9 Å². The molecule has 2 aromatic carbocycles. The number of fused-ring (bicyclic) bond motifs is 1. The summed E-state index contributed by atoms with van der Waals surface area (Å²) in [5.74, 6) is 0.384. The zero-order valence-electron chi connectivity index (χ0n) is 17.7. The van der Waals surface area contributed by atoms with Crippen LogP contribution in [0.1, 0.15) is 50.2 Å². The van der Waals surface area contributed by atoms with Gasteiger partial charge in [-0.2, -0.15) is 4.31 Å². The SMILES string of the molecule is CC(=O)Nc1ccc(S(=O)(=O)N2CC[C@@]34CCCC[C@@H]3[C@@H]2Cc2ccc(O)cc24)cc1. The molecule has 0 radical (unpaired) electrons. The van der Waals surface area contributed by atoms with Crippen LogP contribution in [0.2, 0.25) is 0 Å². The second kappa shape index (κ2) is 7.35. The van der Waals surface area contributed by atoms with Gasteiger partial charge in [0, 0.05) is 30.6 Å². The number of phenols is 1. The van der Waals surface area contributed by atoms with Crippen molar-refractivity contribution in [3.05, 3.63) is 53.6 Å². The molecular weight excluding hydrogens is 412 g/mol. The molecule has 1 saturated heterocycles. The first-order valence-corrected chi connectivity index (χ1v) is 12.5. The van der Waals surface area contributed by atoms with Crippen LogP contribution in [0, 0.1) is 5.92 Å². The number of hydrogen-bond acceptors (Lipinski definition) is 4. The highest BCUT2D eigenvalue weighted by Crippen LogP contribution is 2.56. The fraction of sp³-hybridized carbons (Fsp3) is 0.458. The van der Waals surface area contributed by atoms with E-state index in [2.05, 4.69) is 5.32 Å². The minimum Gasteiger partial charge on any atom is -0.508 e. The summed E-state index contributed by atoms with van der Waals surface area (Å²) in [7, 11) is -3.65. The summed E-state index contributed by atoms with van der Waals surface area (Å²) in [6.45, 7) is 1.92. The quantitative estimate of drug-likeness (QED) is 0.760. The number of benzene rings is 2. The summed E-state index contributed by atoms with van der Waals surface area (Å²) in [4.78, 5) is 11.5. The molecule has 0 unspecified atom stereocenters. The molecule has 1 amide bonds. The van der Waals surface area contributed by atoms with Crippen LogP contribution in [0.5, 0.6) is 5.75 Å². The number of aromatic hydroxyl groups is 1. The molecule has 2 aromatic rings. The van der Waals surface area contributed by atoms with Crippen LogP contribution in [0.25, 0.3) is 0 Å². The summed E-state index contributed by atoms with van der Waals surface area (Å²) in [6.07, 6.45) is 5.82. The number of phenolic OH excluding ortho intramolecular Hbond substituents is 1. The Morgan fingerprint density at radius 1 is 1.13 bits per heavy atom. The van der Waals surface area contributed by atoms with Crippen molar-refractivity contribution >= 4 is 21.6 Å². The maximum atomic E-state index is 13.7. The molecule has 1 aliphatic heterocycles. The molecule has 3 atom stereocenters. The first-order chi connectivity index (χ1) is 14.8. The number of nitrogens with one attached hydrogen (secondary N) is 1. The van der Waals surface area contributed by atoms with E-state index in [1.54, 1.807) is 34.6 Å². The highest BCUT2D eigenvalue weighted by molar-refractivity contribution is 7.89. The lowest BCUT2D eigenvalue weighted by molar-refractivity contribution is -0.114. The van der Waals surface area contributed by atoms with E-state index in [1.807, 2.05) is 12.1 Å². The van der Waals surface area contributed by atoms with Crippen LogP contribution >= 0.6 is 0 Å². The van der Waals surface area contributed by atoms with Crippen LogP contribution in [-0.2, 0) is 26.7 Å². The summed E-state index contributed by atoms with van der Waals surface area (Å²) in [5, 5.41) is 12.8. The Labute approximate surface area is 183 Å². The number of rotatable bonds is 3. The minimum atomic E-state index is -3.65. The second-order valence-corrected chi connectivity index (χ2v) is 11.1. The highest BCUT2D eigenvalue weighted by atomic mass is 32.2. The van der Waals surface area contributed by atoms with E-state index in [4.69, 9.17) is 0 Å². The van der Waals surface area contributed by atoms with Gasteiger partial charge in [-0.3, -0.25) is 4.79 Å². The first-order valence-electron chi connectivity index (χ1n) is 11.0. The standard InChI is InChI=1S/C24H28N2O4S/c1-16(27)25-18-6-9-20(10-7-18)31(29,30)26-13-12-24-11-3-2-4-21(24)23(26)14-17-5-8-19(28)15-22(17)24/h5-10,15,21,23,28H,2-4,11-14H2,1H3,(H,25,27)/t21-,23+,24+/m1/s1.